The molecule has 0 fully saturated rings. The summed E-state index contributed by atoms with van der Waals surface area (Å²) in [6.45, 7) is 1.19. The van der Waals surface area contributed by atoms with Gasteiger partial charge in [-0.3, -0.25) is 4.79 Å². The Kier molecular flexibility index (Phi) is 7.31. The van der Waals surface area contributed by atoms with Gasteiger partial charge in [0.25, 0.3) is 0 Å². The molecular weight excluding hydrogens is 453 g/mol. The third kappa shape index (κ3) is 5.78. The molecule has 0 aliphatic carbocycles. The number of anilines is 2. The van der Waals surface area contributed by atoms with Gasteiger partial charge in [-0.05, 0) is 56.4 Å². The van der Waals surface area contributed by atoms with E-state index in [2.05, 4.69) is 15.3 Å². The minimum absolute atomic E-state index is 0.0311. The molecule has 10 heteroatoms. The van der Waals surface area contributed by atoms with Crippen molar-refractivity contribution in [2.24, 2.45) is 5.92 Å². The monoisotopic (exact) mass is 481 g/mol. The lowest BCUT2D eigenvalue weighted by molar-refractivity contribution is -0.121. The van der Waals surface area contributed by atoms with Crippen molar-refractivity contribution >= 4 is 17.5 Å². The van der Waals surface area contributed by atoms with Crippen LogP contribution in [0.15, 0.2) is 42.6 Å². The van der Waals surface area contributed by atoms with Crippen LogP contribution in [0.2, 0.25) is 0 Å². The SMILES string of the molecule is COc1ccc2c(c1)CC(C(=O)Nc1cc(F)c(-c3ccnc(N)n3)cc1OCCN(C)C)CO2. The molecule has 3 aromatic rings. The molecule has 2 aromatic carbocycles. The Morgan fingerprint density at radius 2 is 2.11 bits per heavy atom. The zero-order valence-electron chi connectivity index (χ0n) is 19.9. The molecule has 184 valence electrons. The molecule has 0 radical (unpaired) electrons. The number of carbonyl (C=O) groups excluding carboxylic acids is 1. The molecule has 9 nitrogen and oxygen atoms in total. The number of aromatic nitrogens is 2. The number of benzene rings is 2. The number of fused-ring (bicyclic) bond motifs is 1. The largest absolute Gasteiger partial charge is 0.497 e. The Labute approximate surface area is 203 Å². The molecule has 1 aromatic heterocycles. The summed E-state index contributed by atoms with van der Waals surface area (Å²) in [6.07, 6.45) is 1.92. The van der Waals surface area contributed by atoms with Gasteiger partial charge in [-0.1, -0.05) is 0 Å². The van der Waals surface area contributed by atoms with Crippen LogP contribution >= 0.6 is 0 Å². The molecule has 35 heavy (non-hydrogen) atoms. The van der Waals surface area contributed by atoms with Crippen molar-refractivity contribution in [2.45, 2.75) is 6.42 Å². The number of nitrogen functional groups attached to an aromatic ring is 1. The number of nitrogens with two attached hydrogens (primary N) is 1. The number of rotatable bonds is 8. The number of amides is 1. The Bertz CT molecular complexity index is 1220. The van der Waals surface area contributed by atoms with Gasteiger partial charge in [0.15, 0.2) is 0 Å². The number of methoxy groups -OCH3 is 1. The van der Waals surface area contributed by atoms with E-state index in [1.165, 1.54) is 18.3 Å². The topological polar surface area (TPSA) is 112 Å². The lowest BCUT2D eigenvalue weighted by atomic mass is 9.95. The van der Waals surface area contributed by atoms with E-state index >= 15 is 4.39 Å². The van der Waals surface area contributed by atoms with Crippen LogP contribution in [0.4, 0.5) is 16.0 Å². The number of likely N-dealkylation sites (N-methyl/N-ethyl adjacent to an activating group) is 1. The Balaban J connectivity index is 1.58. The first-order valence-corrected chi connectivity index (χ1v) is 11.1. The Morgan fingerprint density at radius 3 is 2.86 bits per heavy atom. The second-order valence-corrected chi connectivity index (χ2v) is 8.45. The summed E-state index contributed by atoms with van der Waals surface area (Å²) in [4.78, 5) is 23.0. The smallest absolute Gasteiger partial charge is 0.231 e. The number of ether oxygens (including phenoxy) is 3. The van der Waals surface area contributed by atoms with Gasteiger partial charge in [-0.15, -0.1) is 0 Å². The fourth-order valence-electron chi connectivity index (χ4n) is 3.73. The third-order valence-electron chi connectivity index (χ3n) is 5.62. The Morgan fingerprint density at radius 1 is 1.29 bits per heavy atom. The first kappa shape index (κ1) is 24.2. The molecule has 2 heterocycles. The van der Waals surface area contributed by atoms with Crippen LogP contribution in [-0.2, 0) is 11.2 Å². The van der Waals surface area contributed by atoms with Gasteiger partial charge in [-0.2, -0.15) is 0 Å². The summed E-state index contributed by atoms with van der Waals surface area (Å²) in [7, 11) is 5.42. The molecule has 3 N–H and O–H groups in total. The van der Waals surface area contributed by atoms with Gasteiger partial charge >= 0.3 is 0 Å². The van der Waals surface area contributed by atoms with Crippen LogP contribution in [0.3, 0.4) is 0 Å². The highest BCUT2D eigenvalue weighted by atomic mass is 19.1. The van der Waals surface area contributed by atoms with E-state index in [0.29, 0.717) is 36.8 Å². The van der Waals surface area contributed by atoms with Gasteiger partial charge < -0.3 is 30.2 Å². The van der Waals surface area contributed by atoms with Crippen LogP contribution in [-0.4, -0.2) is 61.7 Å². The van der Waals surface area contributed by atoms with Gasteiger partial charge in [0, 0.05) is 24.4 Å². The van der Waals surface area contributed by atoms with Crippen molar-refractivity contribution in [3.05, 3.63) is 54.0 Å². The predicted octanol–water partition coefficient (Wildman–Crippen LogP) is 3.00. The van der Waals surface area contributed by atoms with Crippen LogP contribution in [0.1, 0.15) is 5.56 Å². The van der Waals surface area contributed by atoms with Crippen molar-refractivity contribution in [2.75, 3.05) is 52.0 Å². The summed E-state index contributed by atoms with van der Waals surface area (Å²) in [5.74, 6) is 0.433. The number of halogens is 1. The van der Waals surface area contributed by atoms with E-state index in [-0.39, 0.29) is 29.7 Å². The molecule has 0 spiro atoms. The summed E-state index contributed by atoms with van der Waals surface area (Å²) in [5.41, 5.74) is 7.29. The van der Waals surface area contributed by atoms with Crippen LogP contribution in [0.5, 0.6) is 17.2 Å². The average molecular weight is 482 g/mol. The number of hydrogen-bond donors (Lipinski definition) is 2. The lowest BCUT2D eigenvalue weighted by Gasteiger charge is -2.25. The maximum absolute atomic E-state index is 15.1. The van der Waals surface area contributed by atoms with E-state index in [1.807, 2.05) is 37.2 Å². The quantitative estimate of drug-likeness (QED) is 0.505. The van der Waals surface area contributed by atoms with Gasteiger partial charge in [-0.25, -0.2) is 14.4 Å². The first-order valence-electron chi connectivity index (χ1n) is 11.1. The normalized spacial score (nSPS) is 14.7. The fraction of sp³-hybridized carbons (Fsp3) is 0.320. The Hall–Kier alpha value is -3.92. The third-order valence-corrected chi connectivity index (χ3v) is 5.62. The molecule has 4 rings (SSSR count). The van der Waals surface area contributed by atoms with Crippen molar-refractivity contribution in [3.8, 4) is 28.5 Å². The minimum atomic E-state index is -0.576. The molecule has 1 amide bonds. The van der Waals surface area contributed by atoms with E-state index in [0.717, 1.165) is 11.3 Å². The highest BCUT2D eigenvalue weighted by Crippen LogP contribution is 2.35. The number of hydrogen-bond acceptors (Lipinski definition) is 8. The second-order valence-electron chi connectivity index (χ2n) is 8.45. The van der Waals surface area contributed by atoms with E-state index < -0.39 is 11.7 Å². The summed E-state index contributed by atoms with van der Waals surface area (Å²) < 4.78 is 32.1. The molecule has 1 aliphatic heterocycles. The maximum Gasteiger partial charge on any atom is 0.231 e. The molecule has 1 aliphatic rings. The highest BCUT2D eigenvalue weighted by Gasteiger charge is 2.27. The van der Waals surface area contributed by atoms with Crippen LogP contribution < -0.4 is 25.3 Å². The standard InChI is InChI=1S/C25H28FN5O4/c1-31(2)8-9-34-23-12-18(20-6-7-28-25(27)30-20)19(26)13-21(23)29-24(32)16-10-15-11-17(33-3)4-5-22(15)35-14-16/h4-7,11-13,16H,8-10,14H2,1-3H3,(H,29,32)(H2,27,28,30). The molecule has 1 atom stereocenters. The zero-order valence-corrected chi connectivity index (χ0v) is 19.9. The van der Waals surface area contributed by atoms with Gasteiger partial charge in [0.1, 0.15) is 36.3 Å². The number of nitrogens with one attached hydrogen (secondary N) is 1. The molecule has 0 bridgehead atoms. The van der Waals surface area contributed by atoms with Crippen molar-refractivity contribution in [3.63, 3.8) is 0 Å². The van der Waals surface area contributed by atoms with E-state index in [9.17, 15) is 4.79 Å². The lowest BCUT2D eigenvalue weighted by Crippen LogP contribution is -2.32. The van der Waals surface area contributed by atoms with E-state index in [4.69, 9.17) is 19.9 Å². The zero-order chi connectivity index (χ0) is 24.9. The van der Waals surface area contributed by atoms with Gasteiger partial charge in [0.2, 0.25) is 11.9 Å². The van der Waals surface area contributed by atoms with Crippen molar-refractivity contribution < 1.29 is 23.4 Å². The fourth-order valence-corrected chi connectivity index (χ4v) is 3.73. The summed E-state index contributed by atoms with van der Waals surface area (Å²) in [6, 6.07) is 9.80. The maximum atomic E-state index is 15.1. The van der Waals surface area contributed by atoms with Crippen molar-refractivity contribution in [1.29, 1.82) is 0 Å². The number of carbonyl (C=O) groups is 1. The first-order chi connectivity index (χ1) is 16.8. The second kappa shape index (κ2) is 10.6. The minimum Gasteiger partial charge on any atom is -0.497 e. The summed E-state index contributed by atoms with van der Waals surface area (Å²) in [5, 5.41) is 2.82. The van der Waals surface area contributed by atoms with Gasteiger partial charge in [0.05, 0.1) is 24.4 Å². The summed E-state index contributed by atoms with van der Waals surface area (Å²) >= 11 is 0. The molecule has 1 unspecified atom stereocenters. The van der Waals surface area contributed by atoms with Crippen molar-refractivity contribution in [1.82, 2.24) is 14.9 Å². The molecule has 0 saturated heterocycles. The van der Waals surface area contributed by atoms with Crippen LogP contribution in [0.25, 0.3) is 11.3 Å². The molecular formula is C25H28FN5O4. The predicted molar refractivity (Wildman–Crippen MR) is 130 cm³/mol. The average Bonchev–Trinajstić information content (AvgIpc) is 2.84. The highest BCUT2D eigenvalue weighted by molar-refractivity contribution is 5.95. The van der Waals surface area contributed by atoms with E-state index in [1.54, 1.807) is 13.2 Å². The number of nitrogens with zero attached hydrogens (tertiary/aromatic N) is 3. The molecule has 0 saturated carbocycles. The van der Waals surface area contributed by atoms with Crippen LogP contribution in [0, 0.1) is 11.7 Å².